The van der Waals surface area contributed by atoms with Crippen LogP contribution in [0.15, 0.2) is 97.1 Å². The Kier molecular flexibility index (Phi) is 6.69. The molecule has 4 heteroatoms. The van der Waals surface area contributed by atoms with Crippen LogP contribution in [0.25, 0.3) is 10.8 Å². The molecule has 0 bridgehead atoms. The normalized spacial score (nSPS) is 10.5. The topological polar surface area (TPSA) is 36.9 Å². The largest absolute Gasteiger partial charge is 0.490 e. The van der Waals surface area contributed by atoms with E-state index in [0.29, 0.717) is 26.4 Å². The van der Waals surface area contributed by atoms with Gasteiger partial charge in [0.05, 0.1) is 5.39 Å². The number of fused-ring (bicyclic) bond motifs is 1. The predicted octanol–water partition coefficient (Wildman–Crippen LogP) is 5.76. The second-order valence-corrected chi connectivity index (χ2v) is 6.63. The first-order valence-corrected chi connectivity index (χ1v) is 10.0. The number of benzene rings is 4. The summed E-state index contributed by atoms with van der Waals surface area (Å²) in [5, 5.41) is 2.03. The monoisotopic (exact) mass is 400 g/mol. The molecule has 0 atom stereocenters. The average Bonchev–Trinajstić information content (AvgIpc) is 2.81. The minimum Gasteiger partial charge on any atom is -0.490 e. The number of ether oxygens (including phenoxy) is 4. The minimum atomic E-state index is 0.444. The third kappa shape index (κ3) is 5.23. The molecule has 0 spiro atoms. The van der Waals surface area contributed by atoms with Crippen molar-refractivity contribution < 1.29 is 18.9 Å². The van der Waals surface area contributed by atoms with Gasteiger partial charge in [-0.05, 0) is 41.8 Å². The van der Waals surface area contributed by atoms with Crippen molar-refractivity contribution in [3.63, 3.8) is 0 Å². The lowest BCUT2D eigenvalue weighted by Crippen LogP contribution is -2.10. The van der Waals surface area contributed by atoms with Gasteiger partial charge >= 0.3 is 0 Å². The van der Waals surface area contributed by atoms with E-state index in [9.17, 15) is 0 Å². The zero-order valence-corrected chi connectivity index (χ0v) is 16.7. The van der Waals surface area contributed by atoms with E-state index in [-0.39, 0.29) is 0 Å². The van der Waals surface area contributed by atoms with Gasteiger partial charge in [-0.3, -0.25) is 0 Å². The van der Waals surface area contributed by atoms with E-state index in [1.165, 1.54) is 0 Å². The highest BCUT2D eigenvalue weighted by Crippen LogP contribution is 2.34. The second-order valence-electron chi connectivity index (χ2n) is 6.63. The van der Waals surface area contributed by atoms with Gasteiger partial charge in [-0.25, -0.2) is 0 Å². The van der Waals surface area contributed by atoms with Crippen LogP contribution < -0.4 is 18.9 Å². The van der Waals surface area contributed by atoms with Gasteiger partial charge in [-0.1, -0.05) is 60.7 Å². The summed E-state index contributed by atoms with van der Waals surface area (Å²) in [4.78, 5) is 0. The van der Waals surface area contributed by atoms with Gasteiger partial charge in [0.15, 0.2) is 0 Å². The summed E-state index contributed by atoms with van der Waals surface area (Å²) < 4.78 is 23.5. The van der Waals surface area contributed by atoms with Crippen molar-refractivity contribution >= 4 is 10.8 Å². The molecule has 4 aromatic rings. The van der Waals surface area contributed by atoms with Crippen LogP contribution >= 0.6 is 0 Å². The zero-order valence-electron chi connectivity index (χ0n) is 16.7. The third-order valence-corrected chi connectivity index (χ3v) is 4.53. The molecule has 0 aliphatic heterocycles. The van der Waals surface area contributed by atoms with Crippen LogP contribution in [0, 0.1) is 0 Å². The molecule has 4 rings (SSSR count). The van der Waals surface area contributed by atoms with Crippen LogP contribution in [0.2, 0.25) is 0 Å². The molecule has 0 saturated heterocycles. The number of hydrogen-bond donors (Lipinski definition) is 0. The lowest BCUT2D eigenvalue weighted by Gasteiger charge is -2.14. The van der Waals surface area contributed by atoms with E-state index >= 15 is 0 Å². The van der Waals surface area contributed by atoms with Crippen molar-refractivity contribution in [1.29, 1.82) is 0 Å². The molecule has 30 heavy (non-hydrogen) atoms. The molecular weight excluding hydrogens is 376 g/mol. The maximum Gasteiger partial charge on any atom is 0.131 e. The van der Waals surface area contributed by atoms with Crippen molar-refractivity contribution in [3.8, 4) is 23.0 Å². The molecule has 0 saturated carbocycles. The predicted molar refractivity (Wildman–Crippen MR) is 119 cm³/mol. The molecule has 0 amide bonds. The quantitative estimate of drug-likeness (QED) is 0.317. The fourth-order valence-corrected chi connectivity index (χ4v) is 3.17. The standard InChI is InChI=1S/C26H24O4/c1-3-11-22(12-4-1)27-17-19-29-24-15-7-9-21-10-8-16-25(26(21)24)30-20-18-28-23-13-5-2-6-14-23/h1-16H,17-20H2. The van der Waals surface area contributed by atoms with Gasteiger partial charge in [0.1, 0.15) is 49.4 Å². The van der Waals surface area contributed by atoms with Gasteiger partial charge in [-0.2, -0.15) is 0 Å². The highest BCUT2D eigenvalue weighted by molar-refractivity contribution is 5.93. The molecule has 4 nitrogen and oxygen atoms in total. The Bertz CT molecular complexity index is 966. The first-order valence-electron chi connectivity index (χ1n) is 10.0. The van der Waals surface area contributed by atoms with Gasteiger partial charge in [-0.15, -0.1) is 0 Å². The highest BCUT2D eigenvalue weighted by atomic mass is 16.5. The summed E-state index contributed by atoms with van der Waals surface area (Å²) >= 11 is 0. The Balaban J connectivity index is 1.37. The zero-order chi connectivity index (χ0) is 20.4. The highest BCUT2D eigenvalue weighted by Gasteiger charge is 2.09. The summed E-state index contributed by atoms with van der Waals surface area (Å²) in [6, 6.07) is 31.4. The maximum atomic E-state index is 6.02. The van der Waals surface area contributed by atoms with Crippen molar-refractivity contribution in [1.82, 2.24) is 0 Å². The van der Waals surface area contributed by atoms with Crippen LogP contribution in [0.1, 0.15) is 0 Å². The van der Waals surface area contributed by atoms with E-state index in [2.05, 4.69) is 12.1 Å². The summed E-state index contributed by atoms with van der Waals surface area (Å²) in [6.45, 7) is 1.82. The SMILES string of the molecule is c1ccc(OCCOc2cccc3cccc(OCCOc4ccccc4)c23)cc1. The maximum absolute atomic E-state index is 6.02. The summed E-state index contributed by atoms with van der Waals surface area (Å²) in [6.07, 6.45) is 0. The third-order valence-electron chi connectivity index (χ3n) is 4.53. The smallest absolute Gasteiger partial charge is 0.131 e. The summed E-state index contributed by atoms with van der Waals surface area (Å²) in [7, 11) is 0. The first kappa shape index (κ1) is 19.6. The van der Waals surface area contributed by atoms with E-state index < -0.39 is 0 Å². The molecule has 0 N–H and O–H groups in total. The first-order chi connectivity index (χ1) is 14.9. The van der Waals surface area contributed by atoms with Crippen molar-refractivity contribution in [2.75, 3.05) is 26.4 Å². The number of para-hydroxylation sites is 2. The van der Waals surface area contributed by atoms with Crippen molar-refractivity contribution in [3.05, 3.63) is 97.1 Å². The Morgan fingerprint density at radius 2 is 0.833 bits per heavy atom. The summed E-state index contributed by atoms with van der Waals surface area (Å²) in [5.74, 6) is 3.23. The Hall–Kier alpha value is -3.66. The number of hydrogen-bond acceptors (Lipinski definition) is 4. The van der Waals surface area contributed by atoms with Gasteiger partial charge in [0.2, 0.25) is 0 Å². The van der Waals surface area contributed by atoms with E-state index in [4.69, 9.17) is 18.9 Å². The molecule has 152 valence electrons. The summed E-state index contributed by atoms with van der Waals surface area (Å²) in [5.41, 5.74) is 0. The Morgan fingerprint density at radius 3 is 1.30 bits per heavy atom. The molecule has 4 aromatic carbocycles. The fourth-order valence-electron chi connectivity index (χ4n) is 3.17. The molecule has 0 fully saturated rings. The fraction of sp³-hybridized carbons (Fsp3) is 0.154. The van der Waals surface area contributed by atoms with E-state index in [1.807, 2.05) is 84.9 Å². The average molecular weight is 400 g/mol. The lowest BCUT2D eigenvalue weighted by molar-refractivity contribution is 0.213. The van der Waals surface area contributed by atoms with Crippen molar-refractivity contribution in [2.45, 2.75) is 0 Å². The molecule has 0 aliphatic carbocycles. The van der Waals surface area contributed by atoms with Gasteiger partial charge in [0.25, 0.3) is 0 Å². The van der Waals surface area contributed by atoms with E-state index in [1.54, 1.807) is 0 Å². The molecule has 0 radical (unpaired) electrons. The lowest BCUT2D eigenvalue weighted by atomic mass is 10.1. The van der Waals surface area contributed by atoms with Crippen LogP contribution in [-0.2, 0) is 0 Å². The van der Waals surface area contributed by atoms with Gasteiger partial charge in [0, 0.05) is 0 Å². The van der Waals surface area contributed by atoms with Crippen LogP contribution in [-0.4, -0.2) is 26.4 Å². The van der Waals surface area contributed by atoms with E-state index in [0.717, 1.165) is 33.8 Å². The van der Waals surface area contributed by atoms with Crippen LogP contribution in [0.3, 0.4) is 0 Å². The molecule has 0 aromatic heterocycles. The Labute approximate surface area is 176 Å². The van der Waals surface area contributed by atoms with Gasteiger partial charge < -0.3 is 18.9 Å². The van der Waals surface area contributed by atoms with Crippen LogP contribution in [0.5, 0.6) is 23.0 Å². The number of rotatable bonds is 10. The molecular formula is C26H24O4. The van der Waals surface area contributed by atoms with Crippen molar-refractivity contribution in [2.24, 2.45) is 0 Å². The van der Waals surface area contributed by atoms with Crippen LogP contribution in [0.4, 0.5) is 0 Å². The molecule has 0 heterocycles. The Morgan fingerprint density at radius 1 is 0.400 bits per heavy atom. The molecule has 0 aliphatic rings. The molecule has 0 unspecified atom stereocenters. The minimum absolute atomic E-state index is 0.444. The second kappa shape index (κ2) is 10.2.